The Balaban J connectivity index is 1.67. The molecule has 1 saturated carbocycles. The molecule has 0 bridgehead atoms. The summed E-state index contributed by atoms with van der Waals surface area (Å²) in [5, 5.41) is 11.1. The molecule has 0 spiro atoms. The van der Waals surface area contributed by atoms with E-state index in [1.54, 1.807) is 18.3 Å². The molecule has 1 aromatic heterocycles. The highest BCUT2D eigenvalue weighted by Crippen LogP contribution is 2.21. The quantitative estimate of drug-likeness (QED) is 0.871. The van der Waals surface area contributed by atoms with Crippen LogP contribution in [0.2, 0.25) is 0 Å². The molecule has 4 heteroatoms. The molecule has 1 aromatic rings. The molecule has 0 aliphatic heterocycles. The summed E-state index contributed by atoms with van der Waals surface area (Å²) in [7, 11) is 0. The monoisotopic (exact) mass is 280 g/mol. The van der Waals surface area contributed by atoms with E-state index in [9.17, 15) is 4.79 Å². The van der Waals surface area contributed by atoms with Gasteiger partial charge in [-0.15, -0.1) is 0 Å². The van der Waals surface area contributed by atoms with Crippen LogP contribution in [0.3, 0.4) is 0 Å². The maximum atomic E-state index is 11.0. The topological polar surface area (TPSA) is 41.1 Å². The zero-order valence-electron chi connectivity index (χ0n) is 11.8. The van der Waals surface area contributed by atoms with Gasteiger partial charge in [0.25, 0.3) is 0 Å². The third kappa shape index (κ3) is 4.62. The molecule has 1 aliphatic rings. The van der Waals surface area contributed by atoms with Crippen molar-refractivity contribution in [3.8, 4) is 0 Å². The third-order valence-corrected chi connectivity index (χ3v) is 4.66. The molecule has 1 fully saturated rings. The molecule has 0 saturated heterocycles. The number of rotatable bonds is 5. The van der Waals surface area contributed by atoms with Crippen molar-refractivity contribution in [3.63, 3.8) is 0 Å². The minimum Gasteiger partial charge on any atom is -0.354 e. The first kappa shape index (κ1) is 14.5. The van der Waals surface area contributed by atoms with Crippen molar-refractivity contribution in [1.29, 1.82) is 0 Å². The molecule has 2 N–H and O–H groups in total. The SMILES string of the molecule is CC(=O)NC1CCC(NC[C@H](C)c2ccsc2)CC1. The van der Waals surface area contributed by atoms with E-state index in [0.29, 0.717) is 18.0 Å². The van der Waals surface area contributed by atoms with Gasteiger partial charge in [0.05, 0.1) is 0 Å². The summed E-state index contributed by atoms with van der Waals surface area (Å²) in [6, 6.07) is 3.22. The molecule has 1 heterocycles. The van der Waals surface area contributed by atoms with Crippen LogP contribution in [0.4, 0.5) is 0 Å². The summed E-state index contributed by atoms with van der Waals surface area (Å²) in [6.45, 7) is 4.93. The third-order valence-electron chi connectivity index (χ3n) is 3.96. The molecule has 1 aliphatic carbocycles. The average molecular weight is 280 g/mol. The van der Waals surface area contributed by atoms with Gasteiger partial charge in [-0.2, -0.15) is 11.3 Å². The van der Waals surface area contributed by atoms with Gasteiger partial charge in [-0.05, 0) is 54.0 Å². The molecular weight excluding hydrogens is 256 g/mol. The number of thiophene rings is 1. The minimum atomic E-state index is 0.0995. The Hall–Kier alpha value is -0.870. The molecule has 2 rings (SSSR count). The smallest absolute Gasteiger partial charge is 0.217 e. The Kier molecular flexibility index (Phi) is 5.40. The van der Waals surface area contributed by atoms with Crippen LogP contribution < -0.4 is 10.6 Å². The first-order valence-electron chi connectivity index (χ1n) is 7.17. The zero-order chi connectivity index (χ0) is 13.7. The van der Waals surface area contributed by atoms with Crippen molar-refractivity contribution >= 4 is 17.2 Å². The summed E-state index contributed by atoms with van der Waals surface area (Å²) < 4.78 is 0. The van der Waals surface area contributed by atoms with E-state index in [-0.39, 0.29) is 5.91 Å². The number of hydrogen-bond donors (Lipinski definition) is 2. The molecule has 3 nitrogen and oxygen atoms in total. The minimum absolute atomic E-state index is 0.0995. The molecule has 0 radical (unpaired) electrons. The van der Waals surface area contributed by atoms with Gasteiger partial charge in [0.2, 0.25) is 5.91 Å². The van der Waals surface area contributed by atoms with Crippen LogP contribution in [0.1, 0.15) is 51.0 Å². The number of hydrogen-bond acceptors (Lipinski definition) is 3. The first-order chi connectivity index (χ1) is 9.15. The van der Waals surface area contributed by atoms with Crippen LogP contribution in [0.25, 0.3) is 0 Å². The van der Waals surface area contributed by atoms with Crippen LogP contribution >= 0.6 is 11.3 Å². The van der Waals surface area contributed by atoms with Crippen molar-refractivity contribution in [2.75, 3.05) is 6.54 Å². The van der Waals surface area contributed by atoms with E-state index >= 15 is 0 Å². The van der Waals surface area contributed by atoms with Crippen molar-refractivity contribution in [2.24, 2.45) is 0 Å². The Morgan fingerprint density at radius 2 is 2.05 bits per heavy atom. The van der Waals surface area contributed by atoms with Gasteiger partial charge in [0.1, 0.15) is 0 Å². The van der Waals surface area contributed by atoms with E-state index in [4.69, 9.17) is 0 Å². The predicted octanol–water partition coefficient (Wildman–Crippen LogP) is 2.89. The van der Waals surface area contributed by atoms with Gasteiger partial charge in [-0.25, -0.2) is 0 Å². The van der Waals surface area contributed by atoms with Crippen molar-refractivity contribution < 1.29 is 4.79 Å². The lowest BCUT2D eigenvalue weighted by Crippen LogP contribution is -2.42. The highest BCUT2D eigenvalue weighted by molar-refractivity contribution is 7.07. The largest absolute Gasteiger partial charge is 0.354 e. The second-order valence-electron chi connectivity index (χ2n) is 5.62. The fraction of sp³-hybridized carbons (Fsp3) is 0.667. The van der Waals surface area contributed by atoms with Crippen molar-refractivity contribution in [1.82, 2.24) is 10.6 Å². The highest BCUT2D eigenvalue weighted by atomic mass is 32.1. The Morgan fingerprint density at radius 1 is 1.37 bits per heavy atom. The maximum absolute atomic E-state index is 11.0. The van der Waals surface area contributed by atoms with Gasteiger partial charge < -0.3 is 10.6 Å². The lowest BCUT2D eigenvalue weighted by Gasteiger charge is -2.30. The van der Waals surface area contributed by atoms with Crippen molar-refractivity contribution in [2.45, 2.75) is 57.5 Å². The van der Waals surface area contributed by atoms with Gasteiger partial charge in [-0.1, -0.05) is 6.92 Å². The summed E-state index contributed by atoms with van der Waals surface area (Å²) >= 11 is 1.77. The van der Waals surface area contributed by atoms with E-state index in [2.05, 4.69) is 34.4 Å². The summed E-state index contributed by atoms with van der Waals surface area (Å²) in [5.41, 5.74) is 1.43. The van der Waals surface area contributed by atoms with E-state index in [1.165, 1.54) is 18.4 Å². The number of carbonyl (C=O) groups is 1. The van der Waals surface area contributed by atoms with Gasteiger partial charge in [0.15, 0.2) is 0 Å². The number of amides is 1. The Labute approximate surface area is 119 Å². The lowest BCUT2D eigenvalue weighted by atomic mass is 9.90. The molecule has 0 aromatic carbocycles. The molecule has 19 heavy (non-hydrogen) atoms. The lowest BCUT2D eigenvalue weighted by molar-refractivity contribution is -0.119. The second kappa shape index (κ2) is 7.06. The van der Waals surface area contributed by atoms with Crippen LogP contribution in [-0.2, 0) is 4.79 Å². The van der Waals surface area contributed by atoms with Gasteiger partial charge in [0, 0.05) is 25.6 Å². The van der Waals surface area contributed by atoms with Gasteiger partial charge >= 0.3 is 0 Å². The number of nitrogens with one attached hydrogen (secondary N) is 2. The molecule has 1 amide bonds. The fourth-order valence-corrected chi connectivity index (χ4v) is 3.53. The van der Waals surface area contributed by atoms with Gasteiger partial charge in [-0.3, -0.25) is 4.79 Å². The normalized spacial score (nSPS) is 24.9. The number of carbonyl (C=O) groups excluding carboxylic acids is 1. The fourth-order valence-electron chi connectivity index (χ4n) is 2.75. The zero-order valence-corrected chi connectivity index (χ0v) is 12.6. The molecule has 0 unspecified atom stereocenters. The molecular formula is C15H24N2OS. The Morgan fingerprint density at radius 3 is 2.63 bits per heavy atom. The van der Waals surface area contributed by atoms with E-state index in [0.717, 1.165) is 19.4 Å². The van der Waals surface area contributed by atoms with E-state index < -0.39 is 0 Å². The van der Waals surface area contributed by atoms with Crippen LogP contribution in [0.5, 0.6) is 0 Å². The van der Waals surface area contributed by atoms with Crippen LogP contribution in [-0.4, -0.2) is 24.5 Å². The summed E-state index contributed by atoms with van der Waals surface area (Å²) in [4.78, 5) is 11.0. The maximum Gasteiger partial charge on any atom is 0.217 e. The standard InChI is InChI=1S/C15H24N2OS/c1-11(13-7-8-19-10-13)9-16-14-3-5-15(6-4-14)17-12(2)18/h7-8,10-11,14-16H,3-6,9H2,1-2H3,(H,17,18)/t11-,14?,15?/m0/s1. The summed E-state index contributed by atoms with van der Waals surface area (Å²) in [5.74, 6) is 0.682. The van der Waals surface area contributed by atoms with Crippen LogP contribution in [0.15, 0.2) is 16.8 Å². The van der Waals surface area contributed by atoms with Crippen molar-refractivity contribution in [3.05, 3.63) is 22.4 Å². The Bertz CT molecular complexity index is 383. The second-order valence-corrected chi connectivity index (χ2v) is 6.40. The predicted molar refractivity (Wildman–Crippen MR) is 80.6 cm³/mol. The van der Waals surface area contributed by atoms with E-state index in [1.807, 2.05) is 0 Å². The average Bonchev–Trinajstić information content (AvgIpc) is 2.91. The molecule has 1 atom stereocenters. The highest BCUT2D eigenvalue weighted by Gasteiger charge is 2.21. The summed E-state index contributed by atoms with van der Waals surface area (Å²) in [6.07, 6.45) is 4.54. The van der Waals surface area contributed by atoms with Crippen LogP contribution in [0, 0.1) is 0 Å². The molecule has 106 valence electrons. The first-order valence-corrected chi connectivity index (χ1v) is 8.12.